The zero-order valence-corrected chi connectivity index (χ0v) is 15.9. The summed E-state index contributed by atoms with van der Waals surface area (Å²) in [6.45, 7) is 6.80. The van der Waals surface area contributed by atoms with Crippen LogP contribution < -0.4 is 20.1 Å². The summed E-state index contributed by atoms with van der Waals surface area (Å²) in [6, 6.07) is 7.59. The zero-order valence-electron chi connectivity index (χ0n) is 15.0. The van der Waals surface area contributed by atoms with Gasteiger partial charge in [-0.1, -0.05) is 6.07 Å². The van der Waals surface area contributed by atoms with E-state index in [4.69, 9.17) is 9.47 Å². The van der Waals surface area contributed by atoms with E-state index in [0.717, 1.165) is 41.1 Å². The Hall–Kier alpha value is -2.28. The Morgan fingerprint density at radius 1 is 1.28 bits per heavy atom. The molecule has 0 amide bonds. The van der Waals surface area contributed by atoms with Crippen LogP contribution in [0.25, 0.3) is 0 Å². The van der Waals surface area contributed by atoms with Gasteiger partial charge < -0.3 is 20.1 Å². The van der Waals surface area contributed by atoms with Crippen molar-refractivity contribution in [2.45, 2.75) is 20.3 Å². The van der Waals surface area contributed by atoms with Gasteiger partial charge in [0.2, 0.25) is 0 Å². The number of aliphatic imine (C=N–C) groups is 1. The van der Waals surface area contributed by atoms with Crippen LogP contribution in [0.4, 0.5) is 0 Å². The Bertz CT molecular complexity index is 673. The first-order chi connectivity index (χ1) is 12.2. The van der Waals surface area contributed by atoms with Gasteiger partial charge in [-0.25, -0.2) is 4.98 Å². The van der Waals surface area contributed by atoms with Crippen LogP contribution in [-0.4, -0.2) is 44.3 Å². The van der Waals surface area contributed by atoms with Crippen molar-refractivity contribution in [3.8, 4) is 11.5 Å². The molecule has 1 aromatic carbocycles. The minimum Gasteiger partial charge on any atom is -0.497 e. The summed E-state index contributed by atoms with van der Waals surface area (Å²) in [5, 5.41) is 9.70. The van der Waals surface area contributed by atoms with Crippen molar-refractivity contribution in [3.05, 3.63) is 40.3 Å². The maximum Gasteiger partial charge on any atom is 0.191 e. The molecule has 0 aliphatic carbocycles. The van der Waals surface area contributed by atoms with Gasteiger partial charge in [-0.3, -0.25) is 4.99 Å². The topological polar surface area (TPSA) is 67.8 Å². The van der Waals surface area contributed by atoms with Gasteiger partial charge in [-0.15, -0.1) is 11.3 Å². The number of aromatic nitrogens is 1. The van der Waals surface area contributed by atoms with Crippen molar-refractivity contribution in [2.24, 2.45) is 4.99 Å². The smallest absolute Gasteiger partial charge is 0.191 e. The summed E-state index contributed by atoms with van der Waals surface area (Å²) in [6.07, 6.45) is 0.848. The number of hydrogen-bond acceptors (Lipinski definition) is 5. The number of thiazole rings is 1. The average Bonchev–Trinajstić information content (AvgIpc) is 3.04. The molecule has 2 rings (SSSR count). The summed E-state index contributed by atoms with van der Waals surface area (Å²) in [5.74, 6) is 2.38. The molecule has 2 aromatic rings. The number of rotatable bonds is 9. The molecule has 7 heteroatoms. The molecule has 136 valence electrons. The summed E-state index contributed by atoms with van der Waals surface area (Å²) >= 11 is 1.67. The van der Waals surface area contributed by atoms with E-state index in [1.165, 1.54) is 0 Å². The summed E-state index contributed by atoms with van der Waals surface area (Å²) < 4.78 is 10.9. The van der Waals surface area contributed by atoms with E-state index >= 15 is 0 Å². The molecule has 6 nitrogen and oxygen atoms in total. The van der Waals surface area contributed by atoms with Gasteiger partial charge in [0.25, 0.3) is 0 Å². The lowest BCUT2D eigenvalue weighted by atomic mass is 10.3. The third-order valence-corrected chi connectivity index (χ3v) is 4.18. The Morgan fingerprint density at radius 2 is 2.12 bits per heavy atom. The second-order valence-corrected chi connectivity index (χ2v) is 6.38. The first-order valence-corrected chi connectivity index (χ1v) is 9.29. The van der Waals surface area contributed by atoms with Crippen LogP contribution in [0, 0.1) is 6.92 Å². The third-order valence-electron chi connectivity index (χ3n) is 3.35. The number of guanidine groups is 1. The second kappa shape index (κ2) is 10.6. The predicted molar refractivity (Wildman–Crippen MR) is 103 cm³/mol. The SMILES string of the molecule is CCNC(=NCCc1csc(C)n1)NCCOc1cccc(OC)c1. The number of ether oxygens (including phenoxy) is 2. The Balaban J connectivity index is 1.73. The highest BCUT2D eigenvalue weighted by Crippen LogP contribution is 2.18. The quantitative estimate of drug-likeness (QED) is 0.408. The summed E-state index contributed by atoms with van der Waals surface area (Å²) in [4.78, 5) is 9.03. The minimum atomic E-state index is 0.545. The van der Waals surface area contributed by atoms with Crippen LogP contribution in [0.1, 0.15) is 17.6 Å². The molecule has 0 fully saturated rings. The van der Waals surface area contributed by atoms with E-state index in [0.29, 0.717) is 19.7 Å². The van der Waals surface area contributed by atoms with Crippen LogP contribution in [0.15, 0.2) is 34.6 Å². The fourth-order valence-corrected chi connectivity index (χ4v) is 2.82. The first-order valence-electron chi connectivity index (χ1n) is 8.41. The number of hydrogen-bond donors (Lipinski definition) is 2. The lowest BCUT2D eigenvalue weighted by molar-refractivity contribution is 0.319. The van der Waals surface area contributed by atoms with E-state index in [1.807, 2.05) is 38.1 Å². The van der Waals surface area contributed by atoms with Crippen molar-refractivity contribution in [1.82, 2.24) is 15.6 Å². The van der Waals surface area contributed by atoms with E-state index in [9.17, 15) is 0 Å². The molecular formula is C18H26N4O2S. The maximum absolute atomic E-state index is 5.72. The van der Waals surface area contributed by atoms with Crippen molar-refractivity contribution >= 4 is 17.3 Å². The minimum absolute atomic E-state index is 0.545. The molecule has 1 aromatic heterocycles. The molecule has 1 heterocycles. The molecule has 2 N–H and O–H groups in total. The highest BCUT2D eigenvalue weighted by molar-refractivity contribution is 7.09. The fraction of sp³-hybridized carbons (Fsp3) is 0.444. The van der Waals surface area contributed by atoms with Crippen LogP contribution in [0.5, 0.6) is 11.5 Å². The van der Waals surface area contributed by atoms with Gasteiger partial charge in [0.1, 0.15) is 18.1 Å². The standard InChI is InChI=1S/C18H26N4O2S/c1-4-19-18(20-9-8-15-13-25-14(2)22-15)21-10-11-24-17-7-5-6-16(12-17)23-3/h5-7,12-13H,4,8-11H2,1-3H3,(H2,19,20,21). The monoisotopic (exact) mass is 362 g/mol. The third kappa shape index (κ3) is 7.01. The molecular weight excluding hydrogens is 336 g/mol. The van der Waals surface area contributed by atoms with Crippen LogP contribution in [0.3, 0.4) is 0 Å². The van der Waals surface area contributed by atoms with Crippen molar-refractivity contribution in [2.75, 3.05) is 33.4 Å². The number of aryl methyl sites for hydroxylation is 1. The van der Waals surface area contributed by atoms with Crippen LogP contribution in [-0.2, 0) is 6.42 Å². The first kappa shape index (κ1) is 19.1. The lowest BCUT2D eigenvalue weighted by Gasteiger charge is -2.12. The second-order valence-electron chi connectivity index (χ2n) is 5.32. The average molecular weight is 362 g/mol. The van der Waals surface area contributed by atoms with E-state index < -0.39 is 0 Å². The normalized spacial score (nSPS) is 11.2. The van der Waals surface area contributed by atoms with Gasteiger partial charge in [-0.2, -0.15) is 0 Å². The largest absolute Gasteiger partial charge is 0.497 e. The van der Waals surface area contributed by atoms with Gasteiger partial charge in [0.15, 0.2) is 5.96 Å². The van der Waals surface area contributed by atoms with Crippen molar-refractivity contribution < 1.29 is 9.47 Å². The van der Waals surface area contributed by atoms with Gasteiger partial charge in [-0.05, 0) is 26.0 Å². The fourth-order valence-electron chi connectivity index (χ4n) is 2.18. The highest BCUT2D eigenvalue weighted by Gasteiger charge is 2.01. The molecule has 0 radical (unpaired) electrons. The van der Waals surface area contributed by atoms with E-state index in [-0.39, 0.29) is 0 Å². The molecule has 0 saturated carbocycles. The van der Waals surface area contributed by atoms with Gasteiger partial charge in [0.05, 0.1) is 24.4 Å². The molecule has 0 bridgehead atoms. The van der Waals surface area contributed by atoms with E-state index in [1.54, 1.807) is 18.4 Å². The zero-order chi connectivity index (χ0) is 17.9. The number of nitrogens with zero attached hydrogens (tertiary/aromatic N) is 2. The van der Waals surface area contributed by atoms with Crippen LogP contribution >= 0.6 is 11.3 Å². The summed E-state index contributed by atoms with van der Waals surface area (Å²) in [5.41, 5.74) is 1.10. The number of nitrogens with one attached hydrogen (secondary N) is 2. The van der Waals surface area contributed by atoms with Crippen LogP contribution in [0.2, 0.25) is 0 Å². The molecule has 0 atom stereocenters. The molecule has 0 aliphatic heterocycles. The molecule has 25 heavy (non-hydrogen) atoms. The predicted octanol–water partition coefficient (Wildman–Crippen LogP) is 2.64. The lowest BCUT2D eigenvalue weighted by Crippen LogP contribution is -2.39. The molecule has 0 spiro atoms. The maximum atomic E-state index is 5.72. The highest BCUT2D eigenvalue weighted by atomic mass is 32.1. The Kier molecular flexibility index (Phi) is 8.04. The van der Waals surface area contributed by atoms with Gasteiger partial charge >= 0.3 is 0 Å². The van der Waals surface area contributed by atoms with E-state index in [2.05, 4.69) is 26.0 Å². The number of benzene rings is 1. The van der Waals surface area contributed by atoms with Gasteiger partial charge in [0, 0.05) is 31.0 Å². The number of methoxy groups -OCH3 is 1. The van der Waals surface area contributed by atoms with Crippen molar-refractivity contribution in [1.29, 1.82) is 0 Å². The Morgan fingerprint density at radius 3 is 2.84 bits per heavy atom. The molecule has 0 saturated heterocycles. The summed E-state index contributed by atoms with van der Waals surface area (Å²) in [7, 11) is 1.65. The Labute approximate surface area is 153 Å². The van der Waals surface area contributed by atoms with Crippen molar-refractivity contribution in [3.63, 3.8) is 0 Å². The molecule has 0 aliphatic rings. The molecule has 0 unspecified atom stereocenters.